The van der Waals surface area contributed by atoms with Crippen molar-refractivity contribution < 1.29 is 9.84 Å². The Morgan fingerprint density at radius 2 is 1.94 bits per heavy atom. The standard InChI is InChI=1S/C14H19NO2.BrH/c16-13-6-4-11(5-7-13)14-9-15-8-2-1-3-12(15)10-17-14;/h4-7,12,14,16H,1-3,8-10H2;1H. The van der Waals surface area contributed by atoms with Crippen molar-refractivity contribution in [2.45, 2.75) is 31.4 Å². The first-order valence-electron chi connectivity index (χ1n) is 6.47. The summed E-state index contributed by atoms with van der Waals surface area (Å²) >= 11 is 0. The zero-order chi connectivity index (χ0) is 11.7. The number of nitrogens with zero attached hydrogens (tertiary/aromatic N) is 1. The molecule has 18 heavy (non-hydrogen) atoms. The molecule has 1 aromatic carbocycles. The van der Waals surface area contributed by atoms with E-state index >= 15 is 0 Å². The minimum absolute atomic E-state index is 0. The van der Waals surface area contributed by atoms with Crippen molar-refractivity contribution in [3.05, 3.63) is 29.8 Å². The highest BCUT2D eigenvalue weighted by atomic mass is 79.9. The third kappa shape index (κ3) is 2.87. The van der Waals surface area contributed by atoms with Crippen LogP contribution in [0.4, 0.5) is 0 Å². The van der Waals surface area contributed by atoms with Crippen molar-refractivity contribution >= 4 is 17.0 Å². The summed E-state index contributed by atoms with van der Waals surface area (Å²) in [5.74, 6) is 0.320. The fourth-order valence-electron chi connectivity index (χ4n) is 2.87. The lowest BCUT2D eigenvalue weighted by Gasteiger charge is -2.42. The lowest BCUT2D eigenvalue weighted by molar-refractivity contribution is -0.0766. The Labute approximate surface area is 119 Å². The predicted octanol–water partition coefficient (Wildman–Crippen LogP) is 2.90. The number of phenols is 1. The van der Waals surface area contributed by atoms with E-state index in [4.69, 9.17) is 4.74 Å². The third-order valence-corrected chi connectivity index (χ3v) is 3.90. The molecule has 2 atom stereocenters. The van der Waals surface area contributed by atoms with Crippen molar-refractivity contribution in [3.63, 3.8) is 0 Å². The Hall–Kier alpha value is -0.580. The van der Waals surface area contributed by atoms with Crippen molar-refractivity contribution in [1.29, 1.82) is 0 Å². The summed E-state index contributed by atoms with van der Waals surface area (Å²) in [7, 11) is 0. The molecule has 1 N–H and O–H groups in total. The normalized spacial score (nSPS) is 28.2. The van der Waals surface area contributed by atoms with Gasteiger partial charge in [-0.2, -0.15) is 0 Å². The Morgan fingerprint density at radius 3 is 2.72 bits per heavy atom. The topological polar surface area (TPSA) is 32.7 Å². The number of hydrogen-bond donors (Lipinski definition) is 1. The first-order valence-corrected chi connectivity index (χ1v) is 6.47. The van der Waals surface area contributed by atoms with Gasteiger partial charge in [0.25, 0.3) is 0 Å². The Morgan fingerprint density at radius 1 is 1.17 bits per heavy atom. The minimum atomic E-state index is 0. The van der Waals surface area contributed by atoms with Crippen LogP contribution in [0.2, 0.25) is 0 Å². The van der Waals surface area contributed by atoms with E-state index in [0.29, 0.717) is 11.8 Å². The van der Waals surface area contributed by atoms with Gasteiger partial charge >= 0.3 is 0 Å². The van der Waals surface area contributed by atoms with E-state index in [-0.39, 0.29) is 23.1 Å². The van der Waals surface area contributed by atoms with Gasteiger partial charge in [0, 0.05) is 12.6 Å². The Kier molecular flexibility index (Phi) is 4.65. The van der Waals surface area contributed by atoms with Crippen LogP contribution in [0.1, 0.15) is 30.9 Å². The zero-order valence-corrected chi connectivity index (χ0v) is 12.1. The van der Waals surface area contributed by atoms with Crippen LogP contribution in [0.15, 0.2) is 24.3 Å². The zero-order valence-electron chi connectivity index (χ0n) is 10.4. The summed E-state index contributed by atoms with van der Waals surface area (Å²) < 4.78 is 5.95. The van der Waals surface area contributed by atoms with Gasteiger partial charge in [-0.05, 0) is 37.1 Å². The molecule has 2 unspecified atom stereocenters. The van der Waals surface area contributed by atoms with Gasteiger partial charge in [-0.25, -0.2) is 0 Å². The number of morpholine rings is 1. The molecule has 0 aliphatic carbocycles. The molecular weight excluding hydrogens is 294 g/mol. The fraction of sp³-hybridized carbons (Fsp3) is 0.571. The molecule has 3 rings (SSSR count). The van der Waals surface area contributed by atoms with Gasteiger partial charge in [-0.15, -0.1) is 17.0 Å². The van der Waals surface area contributed by atoms with Crippen molar-refractivity contribution in [1.82, 2.24) is 4.90 Å². The summed E-state index contributed by atoms with van der Waals surface area (Å²) in [5.41, 5.74) is 1.17. The molecule has 0 bridgehead atoms. The maximum atomic E-state index is 9.29. The Balaban J connectivity index is 0.00000120. The van der Waals surface area contributed by atoms with Gasteiger partial charge in [0.05, 0.1) is 12.7 Å². The second kappa shape index (κ2) is 6.04. The summed E-state index contributed by atoms with van der Waals surface area (Å²) in [6.07, 6.45) is 4.11. The highest BCUT2D eigenvalue weighted by Gasteiger charge is 2.31. The number of benzene rings is 1. The molecule has 0 aromatic heterocycles. The van der Waals surface area contributed by atoms with Crippen LogP contribution in [0.25, 0.3) is 0 Å². The molecule has 2 heterocycles. The molecule has 0 amide bonds. The number of piperidine rings is 1. The van der Waals surface area contributed by atoms with Crippen molar-refractivity contribution in [3.8, 4) is 5.75 Å². The predicted molar refractivity (Wildman–Crippen MR) is 76.3 cm³/mol. The van der Waals surface area contributed by atoms with E-state index in [0.717, 1.165) is 13.2 Å². The number of rotatable bonds is 1. The molecule has 0 radical (unpaired) electrons. The molecule has 0 saturated carbocycles. The molecule has 0 spiro atoms. The summed E-state index contributed by atoms with van der Waals surface area (Å²) in [6.45, 7) is 3.06. The molecule has 2 saturated heterocycles. The number of phenolic OH excluding ortho intramolecular Hbond substituents is 1. The smallest absolute Gasteiger partial charge is 0.115 e. The van der Waals surface area contributed by atoms with E-state index in [1.54, 1.807) is 12.1 Å². The Bertz CT molecular complexity index is 382. The van der Waals surface area contributed by atoms with E-state index < -0.39 is 0 Å². The number of halogens is 1. The van der Waals surface area contributed by atoms with Crippen LogP contribution in [0.3, 0.4) is 0 Å². The highest BCUT2D eigenvalue weighted by Crippen LogP contribution is 2.29. The van der Waals surface area contributed by atoms with E-state index in [9.17, 15) is 5.11 Å². The van der Waals surface area contributed by atoms with Gasteiger partial charge in [-0.1, -0.05) is 18.6 Å². The lowest BCUT2D eigenvalue weighted by atomic mass is 9.98. The van der Waals surface area contributed by atoms with Gasteiger partial charge in [0.2, 0.25) is 0 Å². The summed E-state index contributed by atoms with van der Waals surface area (Å²) in [6, 6.07) is 8.04. The van der Waals surface area contributed by atoms with Crippen molar-refractivity contribution in [2.75, 3.05) is 19.7 Å². The summed E-state index contributed by atoms with van der Waals surface area (Å²) in [5, 5.41) is 9.29. The van der Waals surface area contributed by atoms with E-state index in [1.165, 1.54) is 31.4 Å². The molecule has 4 heteroatoms. The van der Waals surface area contributed by atoms with Gasteiger partial charge in [-0.3, -0.25) is 4.90 Å². The van der Waals surface area contributed by atoms with Crippen LogP contribution in [-0.2, 0) is 4.74 Å². The number of fused-ring (bicyclic) bond motifs is 1. The minimum Gasteiger partial charge on any atom is -0.508 e. The largest absolute Gasteiger partial charge is 0.508 e. The van der Waals surface area contributed by atoms with Crippen LogP contribution in [0.5, 0.6) is 5.75 Å². The maximum absolute atomic E-state index is 9.29. The van der Waals surface area contributed by atoms with Crippen LogP contribution >= 0.6 is 17.0 Å². The first kappa shape index (κ1) is 13.8. The van der Waals surface area contributed by atoms with E-state index in [1.807, 2.05) is 12.1 Å². The second-order valence-electron chi connectivity index (χ2n) is 5.06. The molecular formula is C14H20BrNO2. The quantitative estimate of drug-likeness (QED) is 0.865. The summed E-state index contributed by atoms with van der Waals surface area (Å²) in [4.78, 5) is 2.56. The fourth-order valence-corrected chi connectivity index (χ4v) is 2.87. The SMILES string of the molecule is Br.Oc1ccc(C2CN3CCCCC3CO2)cc1. The maximum Gasteiger partial charge on any atom is 0.115 e. The van der Waals surface area contributed by atoms with Crippen LogP contribution in [0, 0.1) is 0 Å². The molecule has 100 valence electrons. The molecule has 2 aliphatic rings. The third-order valence-electron chi connectivity index (χ3n) is 3.90. The molecule has 2 fully saturated rings. The lowest BCUT2D eigenvalue weighted by Crippen LogP contribution is -2.48. The van der Waals surface area contributed by atoms with Gasteiger partial charge in [0.1, 0.15) is 5.75 Å². The first-order chi connectivity index (χ1) is 8.33. The number of hydrogen-bond acceptors (Lipinski definition) is 3. The monoisotopic (exact) mass is 313 g/mol. The van der Waals surface area contributed by atoms with Gasteiger partial charge < -0.3 is 9.84 Å². The average Bonchev–Trinajstić information content (AvgIpc) is 2.39. The van der Waals surface area contributed by atoms with Crippen LogP contribution < -0.4 is 0 Å². The molecule has 1 aromatic rings. The number of ether oxygens (including phenoxy) is 1. The highest BCUT2D eigenvalue weighted by molar-refractivity contribution is 8.93. The second-order valence-corrected chi connectivity index (χ2v) is 5.06. The molecule has 3 nitrogen and oxygen atoms in total. The van der Waals surface area contributed by atoms with Crippen LogP contribution in [-0.4, -0.2) is 35.7 Å². The average molecular weight is 314 g/mol. The number of aromatic hydroxyl groups is 1. The van der Waals surface area contributed by atoms with Crippen molar-refractivity contribution in [2.24, 2.45) is 0 Å². The molecule has 2 aliphatic heterocycles. The van der Waals surface area contributed by atoms with Gasteiger partial charge in [0.15, 0.2) is 0 Å². The van der Waals surface area contributed by atoms with E-state index in [2.05, 4.69) is 4.90 Å².